The van der Waals surface area contributed by atoms with Crippen molar-refractivity contribution in [2.45, 2.75) is 18.3 Å². The highest BCUT2D eigenvalue weighted by Gasteiger charge is 2.45. The number of rotatable bonds is 3. The largest absolute Gasteiger partial charge is 0.481 e. The lowest BCUT2D eigenvalue weighted by Gasteiger charge is -2.11. The van der Waals surface area contributed by atoms with Crippen LogP contribution in [0.15, 0.2) is 10.9 Å². The smallest absolute Gasteiger partial charge is 0.254 e. The first-order valence-corrected chi connectivity index (χ1v) is 4.56. The summed E-state index contributed by atoms with van der Waals surface area (Å²) >= 11 is 0. The summed E-state index contributed by atoms with van der Waals surface area (Å²) in [5, 5.41) is 0. The second-order valence-electron chi connectivity index (χ2n) is 3.62. The number of methoxy groups -OCH3 is 1. The van der Waals surface area contributed by atoms with Crippen LogP contribution in [0.2, 0.25) is 0 Å². The molecule has 1 aromatic heterocycles. The Balaban J connectivity index is 2.43. The molecule has 5 nitrogen and oxygen atoms in total. The SMILES string of the molecule is COc1cc(=O)[nH]c(C2(CN)CC2)n1. The zero-order chi connectivity index (χ0) is 10.2. The van der Waals surface area contributed by atoms with Crippen LogP contribution in [0.4, 0.5) is 0 Å². The molecule has 0 atom stereocenters. The van der Waals surface area contributed by atoms with Crippen LogP contribution in [0, 0.1) is 0 Å². The summed E-state index contributed by atoms with van der Waals surface area (Å²) < 4.78 is 4.93. The predicted molar refractivity (Wildman–Crippen MR) is 51.4 cm³/mol. The monoisotopic (exact) mass is 195 g/mol. The number of aromatic amines is 1. The van der Waals surface area contributed by atoms with Gasteiger partial charge in [0.1, 0.15) is 5.82 Å². The molecule has 2 rings (SSSR count). The van der Waals surface area contributed by atoms with Gasteiger partial charge in [0, 0.05) is 12.0 Å². The Morgan fingerprint density at radius 2 is 2.43 bits per heavy atom. The Kier molecular flexibility index (Phi) is 2.03. The van der Waals surface area contributed by atoms with Crippen LogP contribution in [0.5, 0.6) is 5.88 Å². The first-order chi connectivity index (χ1) is 6.70. The van der Waals surface area contributed by atoms with Gasteiger partial charge in [-0.05, 0) is 12.8 Å². The quantitative estimate of drug-likeness (QED) is 0.698. The molecule has 5 heteroatoms. The molecule has 0 aromatic carbocycles. The minimum atomic E-state index is -0.188. The Labute approximate surface area is 81.3 Å². The molecule has 0 bridgehead atoms. The van der Waals surface area contributed by atoms with Gasteiger partial charge in [-0.1, -0.05) is 0 Å². The zero-order valence-electron chi connectivity index (χ0n) is 8.04. The lowest BCUT2D eigenvalue weighted by Crippen LogP contribution is -2.25. The van der Waals surface area contributed by atoms with Crippen molar-refractivity contribution in [2.75, 3.05) is 13.7 Å². The van der Waals surface area contributed by atoms with Gasteiger partial charge in [0.25, 0.3) is 5.56 Å². The molecule has 1 aromatic rings. The predicted octanol–water partition coefficient (Wildman–Crippen LogP) is -0.231. The van der Waals surface area contributed by atoms with Gasteiger partial charge in [-0.15, -0.1) is 0 Å². The third kappa shape index (κ3) is 1.39. The normalized spacial score (nSPS) is 17.9. The molecule has 0 amide bonds. The van der Waals surface area contributed by atoms with Crippen molar-refractivity contribution in [1.29, 1.82) is 0 Å². The molecule has 0 unspecified atom stereocenters. The summed E-state index contributed by atoms with van der Waals surface area (Å²) in [5.41, 5.74) is 5.35. The Bertz CT molecular complexity index is 395. The first-order valence-electron chi connectivity index (χ1n) is 4.56. The van der Waals surface area contributed by atoms with Crippen LogP contribution < -0.4 is 16.0 Å². The van der Waals surface area contributed by atoms with Crippen LogP contribution in [-0.2, 0) is 5.41 Å². The van der Waals surface area contributed by atoms with Gasteiger partial charge < -0.3 is 15.5 Å². The van der Waals surface area contributed by atoms with E-state index in [2.05, 4.69) is 9.97 Å². The van der Waals surface area contributed by atoms with Gasteiger partial charge in [-0.2, -0.15) is 4.98 Å². The lowest BCUT2D eigenvalue weighted by molar-refractivity contribution is 0.391. The van der Waals surface area contributed by atoms with Crippen LogP contribution in [-0.4, -0.2) is 23.6 Å². The van der Waals surface area contributed by atoms with Crippen LogP contribution >= 0.6 is 0 Å². The molecule has 0 radical (unpaired) electrons. The highest BCUT2D eigenvalue weighted by Crippen LogP contribution is 2.45. The van der Waals surface area contributed by atoms with E-state index in [0.717, 1.165) is 12.8 Å². The van der Waals surface area contributed by atoms with Crippen molar-refractivity contribution in [2.24, 2.45) is 5.73 Å². The van der Waals surface area contributed by atoms with Crippen molar-refractivity contribution in [3.63, 3.8) is 0 Å². The maximum atomic E-state index is 11.2. The van der Waals surface area contributed by atoms with E-state index in [1.165, 1.54) is 13.2 Å². The van der Waals surface area contributed by atoms with Gasteiger partial charge in [-0.3, -0.25) is 4.79 Å². The summed E-state index contributed by atoms with van der Waals surface area (Å²) in [4.78, 5) is 18.2. The molecule has 1 aliphatic carbocycles. The van der Waals surface area contributed by atoms with Crippen molar-refractivity contribution in [3.05, 3.63) is 22.2 Å². The minimum absolute atomic E-state index is 0.103. The van der Waals surface area contributed by atoms with Crippen molar-refractivity contribution >= 4 is 0 Å². The average molecular weight is 195 g/mol. The number of nitrogens with zero attached hydrogens (tertiary/aromatic N) is 1. The molecule has 0 saturated heterocycles. The van der Waals surface area contributed by atoms with E-state index >= 15 is 0 Å². The Morgan fingerprint density at radius 3 is 2.93 bits per heavy atom. The summed E-state index contributed by atoms with van der Waals surface area (Å²) in [5.74, 6) is 1.01. The van der Waals surface area contributed by atoms with Gasteiger partial charge >= 0.3 is 0 Å². The third-order valence-electron chi connectivity index (χ3n) is 2.67. The fourth-order valence-electron chi connectivity index (χ4n) is 1.48. The van der Waals surface area contributed by atoms with E-state index < -0.39 is 0 Å². The number of hydrogen-bond donors (Lipinski definition) is 2. The van der Waals surface area contributed by atoms with Gasteiger partial charge in [0.05, 0.1) is 13.2 Å². The second kappa shape index (κ2) is 3.09. The topological polar surface area (TPSA) is 81.0 Å². The van der Waals surface area contributed by atoms with Gasteiger partial charge in [0.15, 0.2) is 0 Å². The van der Waals surface area contributed by atoms with E-state index in [0.29, 0.717) is 18.2 Å². The molecular formula is C9H13N3O2. The highest BCUT2D eigenvalue weighted by atomic mass is 16.5. The van der Waals surface area contributed by atoms with Crippen molar-refractivity contribution in [3.8, 4) is 5.88 Å². The maximum absolute atomic E-state index is 11.2. The molecule has 0 spiro atoms. The zero-order valence-corrected chi connectivity index (χ0v) is 8.04. The average Bonchev–Trinajstić information content (AvgIpc) is 2.97. The molecule has 0 aliphatic heterocycles. The molecule has 1 aliphatic rings. The van der Waals surface area contributed by atoms with Crippen LogP contribution in [0.25, 0.3) is 0 Å². The van der Waals surface area contributed by atoms with E-state index in [9.17, 15) is 4.79 Å². The highest BCUT2D eigenvalue weighted by molar-refractivity contribution is 5.22. The molecule has 1 fully saturated rings. The lowest BCUT2D eigenvalue weighted by atomic mass is 10.1. The van der Waals surface area contributed by atoms with E-state index in [4.69, 9.17) is 10.5 Å². The van der Waals surface area contributed by atoms with Gasteiger partial charge in [0.2, 0.25) is 5.88 Å². The number of H-pyrrole nitrogens is 1. The van der Waals surface area contributed by atoms with Gasteiger partial charge in [-0.25, -0.2) is 0 Å². The third-order valence-corrected chi connectivity index (χ3v) is 2.67. The fourth-order valence-corrected chi connectivity index (χ4v) is 1.48. The molecule has 1 saturated carbocycles. The Hall–Kier alpha value is -1.36. The number of nitrogens with two attached hydrogens (primary N) is 1. The van der Waals surface area contributed by atoms with E-state index in [1.54, 1.807) is 0 Å². The van der Waals surface area contributed by atoms with Crippen molar-refractivity contribution < 1.29 is 4.74 Å². The van der Waals surface area contributed by atoms with Crippen LogP contribution in [0.3, 0.4) is 0 Å². The number of ether oxygens (including phenoxy) is 1. The summed E-state index contributed by atoms with van der Waals surface area (Å²) in [7, 11) is 1.49. The second-order valence-corrected chi connectivity index (χ2v) is 3.62. The number of hydrogen-bond acceptors (Lipinski definition) is 4. The molecule has 76 valence electrons. The summed E-state index contributed by atoms with van der Waals surface area (Å²) in [6.45, 7) is 0.517. The minimum Gasteiger partial charge on any atom is -0.481 e. The summed E-state index contributed by atoms with van der Waals surface area (Å²) in [6, 6.07) is 1.33. The molecule has 1 heterocycles. The summed E-state index contributed by atoms with van der Waals surface area (Å²) in [6.07, 6.45) is 1.97. The van der Waals surface area contributed by atoms with Crippen LogP contribution in [0.1, 0.15) is 18.7 Å². The molecule has 14 heavy (non-hydrogen) atoms. The van der Waals surface area contributed by atoms with Crippen molar-refractivity contribution in [1.82, 2.24) is 9.97 Å². The fraction of sp³-hybridized carbons (Fsp3) is 0.556. The number of aromatic nitrogens is 2. The maximum Gasteiger partial charge on any atom is 0.254 e. The standard InChI is InChI=1S/C9H13N3O2/c1-14-7-4-6(13)11-8(12-7)9(5-10)2-3-9/h4H,2-3,5,10H2,1H3,(H,11,12,13). The number of nitrogens with one attached hydrogen (secondary N) is 1. The van der Waals surface area contributed by atoms with E-state index in [-0.39, 0.29) is 11.0 Å². The molecule has 3 N–H and O–H groups in total. The first kappa shape index (κ1) is 9.21. The molecular weight excluding hydrogens is 182 g/mol. The van der Waals surface area contributed by atoms with E-state index in [1.807, 2.05) is 0 Å². The Morgan fingerprint density at radius 1 is 1.71 bits per heavy atom.